The fourth-order valence-corrected chi connectivity index (χ4v) is 4.43. The summed E-state index contributed by atoms with van der Waals surface area (Å²) in [6.07, 6.45) is 6.47. The van der Waals surface area contributed by atoms with Gasteiger partial charge < -0.3 is 26.5 Å². The van der Waals surface area contributed by atoms with Gasteiger partial charge in [0, 0.05) is 41.8 Å². The monoisotopic (exact) mass is 357 g/mol. The summed E-state index contributed by atoms with van der Waals surface area (Å²) in [5, 5.41) is 17.0. The fraction of sp³-hybridized carbons (Fsp3) is 0.500. The van der Waals surface area contributed by atoms with E-state index < -0.39 is 5.91 Å². The van der Waals surface area contributed by atoms with Crippen LogP contribution in [-0.4, -0.2) is 51.5 Å². The third-order valence-corrected chi connectivity index (χ3v) is 5.56. The highest BCUT2D eigenvalue weighted by Gasteiger charge is 2.38. The van der Waals surface area contributed by atoms with Crippen LogP contribution >= 0.6 is 0 Å². The van der Waals surface area contributed by atoms with E-state index in [2.05, 4.69) is 20.6 Å². The molecule has 0 saturated carbocycles. The molecule has 26 heavy (non-hydrogen) atoms. The maximum Gasteiger partial charge on any atom is 0.252 e. The summed E-state index contributed by atoms with van der Waals surface area (Å²) in [5.74, 6) is -0.631. The predicted octanol–water partition coefficient (Wildman–Crippen LogP) is 0.534. The largest absolute Gasteiger partial charge is 0.389 e. The molecule has 2 aromatic rings. The van der Waals surface area contributed by atoms with Crippen LogP contribution in [0.4, 0.5) is 5.69 Å². The number of rotatable bonds is 5. The molecule has 0 spiro atoms. The van der Waals surface area contributed by atoms with Crippen molar-refractivity contribution >= 4 is 28.4 Å². The number of aliphatic hydroxyl groups excluding tert-OH is 1. The van der Waals surface area contributed by atoms with Crippen LogP contribution in [-0.2, 0) is 4.79 Å². The van der Waals surface area contributed by atoms with Gasteiger partial charge in [-0.25, -0.2) is 4.98 Å². The molecule has 2 aromatic heterocycles. The van der Waals surface area contributed by atoms with Crippen molar-refractivity contribution in [2.24, 2.45) is 11.7 Å². The number of carbonyl (C=O) groups is 2. The number of aliphatic hydroxyl groups is 1. The van der Waals surface area contributed by atoms with Gasteiger partial charge in [0.05, 0.1) is 11.3 Å². The van der Waals surface area contributed by atoms with Crippen LogP contribution in [0.1, 0.15) is 36.0 Å². The number of pyridine rings is 1. The van der Waals surface area contributed by atoms with E-state index in [0.29, 0.717) is 11.2 Å². The van der Waals surface area contributed by atoms with E-state index in [1.54, 1.807) is 6.20 Å². The number of ketones is 1. The smallest absolute Gasteiger partial charge is 0.252 e. The molecule has 8 heteroatoms. The number of fused-ring (bicyclic) bond motifs is 3. The number of amides is 1. The molecule has 2 bridgehead atoms. The number of aromatic amines is 1. The van der Waals surface area contributed by atoms with Crippen molar-refractivity contribution in [3.8, 4) is 0 Å². The van der Waals surface area contributed by atoms with E-state index in [1.807, 2.05) is 6.07 Å². The zero-order valence-corrected chi connectivity index (χ0v) is 14.4. The van der Waals surface area contributed by atoms with Gasteiger partial charge in [0.25, 0.3) is 5.91 Å². The summed E-state index contributed by atoms with van der Waals surface area (Å²) in [6, 6.07) is 2.51. The third kappa shape index (κ3) is 3.06. The molecule has 2 fully saturated rings. The molecule has 2 saturated heterocycles. The lowest BCUT2D eigenvalue weighted by Crippen LogP contribution is -2.55. The molecule has 8 nitrogen and oxygen atoms in total. The second-order valence-corrected chi connectivity index (χ2v) is 7.32. The first kappa shape index (κ1) is 17.0. The number of anilines is 1. The van der Waals surface area contributed by atoms with Gasteiger partial charge >= 0.3 is 0 Å². The number of nitrogens with one attached hydrogen (secondary N) is 3. The van der Waals surface area contributed by atoms with Gasteiger partial charge in [0.2, 0.25) is 0 Å². The van der Waals surface area contributed by atoms with Crippen molar-refractivity contribution < 1.29 is 14.7 Å². The Kier molecular flexibility index (Phi) is 4.37. The standard InChI is InChI=1S/C18H23N5O3/c19-17(26)14-7-21-18-13(1-2-20-18)16(14)23-12-5-10-3-9(15(25)8-24)4-11(6-12)22-10/h1-2,7,9-12,22,24H,3-6,8H2,(H2,19,26)(H2,20,21,23)/t9?,10-,11+,12-. The first-order chi connectivity index (χ1) is 12.5. The van der Waals surface area contributed by atoms with E-state index >= 15 is 0 Å². The number of hydrogen-bond donors (Lipinski definition) is 5. The average molecular weight is 357 g/mol. The molecule has 1 amide bonds. The minimum Gasteiger partial charge on any atom is -0.389 e. The van der Waals surface area contributed by atoms with Gasteiger partial charge in [-0.2, -0.15) is 0 Å². The SMILES string of the molecule is NC(=O)c1cnc2[nH]ccc2c1N[C@@H]1C[C@H]2CC(C(=O)CO)C[C@@H](C1)N2. The second kappa shape index (κ2) is 6.69. The molecule has 2 aliphatic rings. The fourth-order valence-electron chi connectivity index (χ4n) is 4.43. The zero-order valence-electron chi connectivity index (χ0n) is 14.4. The third-order valence-electron chi connectivity index (χ3n) is 5.56. The van der Waals surface area contributed by atoms with E-state index in [1.165, 1.54) is 6.20 Å². The Morgan fingerprint density at radius 2 is 2.00 bits per heavy atom. The molecule has 4 heterocycles. The summed E-state index contributed by atoms with van der Waals surface area (Å²) in [7, 11) is 0. The van der Waals surface area contributed by atoms with Gasteiger partial charge in [-0.05, 0) is 31.7 Å². The minimum absolute atomic E-state index is 0.0595. The Morgan fingerprint density at radius 3 is 2.65 bits per heavy atom. The van der Waals surface area contributed by atoms with Crippen LogP contribution in [0.2, 0.25) is 0 Å². The minimum atomic E-state index is -0.508. The van der Waals surface area contributed by atoms with Gasteiger partial charge in [0.15, 0.2) is 5.78 Å². The molecule has 0 aliphatic carbocycles. The molecular weight excluding hydrogens is 334 g/mol. The van der Waals surface area contributed by atoms with Crippen LogP contribution < -0.4 is 16.4 Å². The number of primary amides is 1. The lowest BCUT2D eigenvalue weighted by Gasteiger charge is -2.43. The Morgan fingerprint density at radius 1 is 1.27 bits per heavy atom. The summed E-state index contributed by atoms with van der Waals surface area (Å²) in [5.41, 5.74) is 7.35. The Balaban J connectivity index is 1.55. The maximum absolute atomic E-state index is 11.9. The topological polar surface area (TPSA) is 133 Å². The maximum atomic E-state index is 11.9. The highest BCUT2D eigenvalue weighted by atomic mass is 16.3. The van der Waals surface area contributed by atoms with Gasteiger partial charge in [-0.15, -0.1) is 0 Å². The molecule has 4 atom stereocenters. The van der Waals surface area contributed by atoms with Gasteiger partial charge in [0.1, 0.15) is 12.3 Å². The van der Waals surface area contributed by atoms with Crippen LogP contribution in [0.3, 0.4) is 0 Å². The first-order valence-electron chi connectivity index (χ1n) is 8.97. The molecule has 2 aliphatic heterocycles. The van der Waals surface area contributed by atoms with Crippen molar-refractivity contribution in [2.45, 2.75) is 43.8 Å². The Labute approximate surface area is 150 Å². The molecule has 0 radical (unpaired) electrons. The molecular formula is C18H23N5O3. The van der Waals surface area contributed by atoms with Crippen LogP contribution in [0, 0.1) is 5.92 Å². The van der Waals surface area contributed by atoms with E-state index in [0.717, 1.165) is 36.8 Å². The van der Waals surface area contributed by atoms with Crippen molar-refractivity contribution in [3.05, 3.63) is 24.0 Å². The highest BCUT2D eigenvalue weighted by Crippen LogP contribution is 2.34. The van der Waals surface area contributed by atoms with Crippen molar-refractivity contribution in [2.75, 3.05) is 11.9 Å². The number of piperidine rings is 2. The van der Waals surface area contributed by atoms with E-state index in [9.17, 15) is 9.59 Å². The van der Waals surface area contributed by atoms with Crippen molar-refractivity contribution in [1.82, 2.24) is 15.3 Å². The van der Waals surface area contributed by atoms with Crippen LogP contribution in [0.15, 0.2) is 18.5 Å². The number of aromatic nitrogens is 2. The van der Waals surface area contributed by atoms with Gasteiger partial charge in [-0.1, -0.05) is 0 Å². The Hall–Kier alpha value is -2.45. The summed E-state index contributed by atoms with van der Waals surface area (Å²) in [4.78, 5) is 31.0. The summed E-state index contributed by atoms with van der Waals surface area (Å²) >= 11 is 0. The predicted molar refractivity (Wildman–Crippen MR) is 96.8 cm³/mol. The second-order valence-electron chi connectivity index (χ2n) is 7.32. The number of carbonyl (C=O) groups excluding carboxylic acids is 2. The number of nitrogens with zero attached hydrogens (tertiary/aromatic N) is 1. The zero-order chi connectivity index (χ0) is 18.3. The molecule has 0 aromatic carbocycles. The van der Waals surface area contributed by atoms with Crippen LogP contribution in [0.25, 0.3) is 11.0 Å². The van der Waals surface area contributed by atoms with E-state index in [-0.39, 0.29) is 36.4 Å². The first-order valence-corrected chi connectivity index (χ1v) is 8.97. The van der Waals surface area contributed by atoms with Crippen molar-refractivity contribution in [1.29, 1.82) is 0 Å². The highest BCUT2D eigenvalue weighted by molar-refractivity contribution is 6.06. The molecule has 138 valence electrons. The number of hydrogen-bond acceptors (Lipinski definition) is 6. The lowest BCUT2D eigenvalue weighted by molar-refractivity contribution is -0.127. The van der Waals surface area contributed by atoms with Crippen LogP contribution in [0.5, 0.6) is 0 Å². The quantitative estimate of drug-likeness (QED) is 0.530. The number of H-pyrrole nitrogens is 1. The number of nitrogens with two attached hydrogens (primary N) is 1. The normalized spacial score (nSPS) is 28.0. The number of Topliss-reactive ketones (excluding diaryl/α,β-unsaturated/α-hetero) is 1. The summed E-state index contributed by atoms with van der Waals surface area (Å²) < 4.78 is 0. The van der Waals surface area contributed by atoms with Gasteiger partial charge in [-0.3, -0.25) is 9.59 Å². The Bertz CT molecular complexity index is 834. The molecule has 1 unspecified atom stereocenters. The van der Waals surface area contributed by atoms with Crippen molar-refractivity contribution in [3.63, 3.8) is 0 Å². The average Bonchev–Trinajstić information content (AvgIpc) is 3.09. The molecule has 4 rings (SSSR count). The van der Waals surface area contributed by atoms with E-state index in [4.69, 9.17) is 10.8 Å². The summed E-state index contributed by atoms with van der Waals surface area (Å²) in [6.45, 7) is -0.379. The molecule has 6 N–H and O–H groups in total. The lowest BCUT2D eigenvalue weighted by atomic mass is 9.76.